The lowest BCUT2D eigenvalue weighted by Crippen LogP contribution is -2.29. The van der Waals surface area contributed by atoms with Crippen LogP contribution < -0.4 is 0 Å². The molecule has 1 aliphatic heterocycles. The van der Waals surface area contributed by atoms with E-state index >= 15 is 0 Å². The molecule has 23 heavy (non-hydrogen) atoms. The number of halogens is 2. The first-order chi connectivity index (χ1) is 10.9. The van der Waals surface area contributed by atoms with Crippen LogP contribution in [0.3, 0.4) is 0 Å². The lowest BCUT2D eigenvalue weighted by molar-refractivity contribution is -0.384. The monoisotopic (exact) mass is 350 g/mol. The quantitative estimate of drug-likeness (QED) is 0.480. The first kappa shape index (κ1) is 15.5. The Hall–Kier alpha value is -2.44. The minimum Gasteiger partial charge on any atom is -0.270 e. The molecule has 1 heterocycles. The molecule has 0 fully saturated rings. The number of carbonyl (C=O) groups is 2. The van der Waals surface area contributed by atoms with Gasteiger partial charge in [-0.2, -0.15) is 0 Å². The summed E-state index contributed by atoms with van der Waals surface area (Å²) >= 11 is 11.8. The van der Waals surface area contributed by atoms with Gasteiger partial charge in [-0.1, -0.05) is 35.3 Å². The second kappa shape index (κ2) is 5.64. The third-order valence-corrected chi connectivity index (χ3v) is 4.20. The smallest absolute Gasteiger partial charge is 0.269 e. The van der Waals surface area contributed by atoms with E-state index in [9.17, 15) is 19.7 Å². The Morgan fingerprint density at radius 3 is 2.09 bits per heavy atom. The van der Waals surface area contributed by atoms with Crippen LogP contribution in [0.1, 0.15) is 26.3 Å². The van der Waals surface area contributed by atoms with Gasteiger partial charge in [0, 0.05) is 12.1 Å². The number of amides is 2. The summed E-state index contributed by atoms with van der Waals surface area (Å²) in [4.78, 5) is 36.0. The van der Waals surface area contributed by atoms with Crippen molar-refractivity contribution in [3.8, 4) is 0 Å². The summed E-state index contributed by atoms with van der Waals surface area (Å²) in [5, 5.41) is 11.2. The normalized spacial score (nSPS) is 13.4. The summed E-state index contributed by atoms with van der Waals surface area (Å²) in [6.07, 6.45) is 0. The minimum absolute atomic E-state index is 0.0662. The number of hydrogen-bond acceptors (Lipinski definition) is 4. The predicted molar refractivity (Wildman–Crippen MR) is 83.8 cm³/mol. The average molecular weight is 351 g/mol. The fourth-order valence-corrected chi connectivity index (χ4v) is 2.71. The van der Waals surface area contributed by atoms with Crippen molar-refractivity contribution in [2.24, 2.45) is 0 Å². The molecule has 2 aromatic carbocycles. The van der Waals surface area contributed by atoms with Crippen LogP contribution in [0.5, 0.6) is 0 Å². The Bertz CT molecular complexity index is 826. The van der Waals surface area contributed by atoms with E-state index in [2.05, 4.69) is 0 Å². The zero-order chi connectivity index (χ0) is 16.7. The van der Waals surface area contributed by atoms with Gasteiger partial charge in [0.15, 0.2) is 0 Å². The number of nitrogens with zero attached hydrogens (tertiary/aromatic N) is 2. The molecular weight excluding hydrogens is 343 g/mol. The zero-order valence-corrected chi connectivity index (χ0v) is 13.0. The number of imide groups is 1. The Morgan fingerprint density at radius 1 is 1.00 bits per heavy atom. The molecule has 2 aromatic rings. The Morgan fingerprint density at radius 2 is 1.57 bits per heavy atom. The molecule has 1 aliphatic rings. The lowest BCUT2D eigenvalue weighted by atomic mass is 10.1. The molecule has 0 bridgehead atoms. The van der Waals surface area contributed by atoms with Gasteiger partial charge in [-0.05, 0) is 17.7 Å². The van der Waals surface area contributed by atoms with E-state index in [1.165, 1.54) is 30.3 Å². The molecule has 8 heteroatoms. The number of non-ortho nitro benzene ring substituents is 1. The van der Waals surface area contributed by atoms with E-state index in [4.69, 9.17) is 23.2 Å². The van der Waals surface area contributed by atoms with Gasteiger partial charge >= 0.3 is 0 Å². The van der Waals surface area contributed by atoms with Crippen LogP contribution in [-0.4, -0.2) is 21.6 Å². The molecule has 116 valence electrons. The van der Waals surface area contributed by atoms with E-state index in [0.717, 1.165) is 4.90 Å². The third-order valence-electron chi connectivity index (χ3n) is 3.47. The molecule has 3 rings (SSSR count). The Balaban J connectivity index is 1.94. The average Bonchev–Trinajstić information content (AvgIpc) is 2.73. The fraction of sp³-hybridized carbons (Fsp3) is 0.0667. The van der Waals surface area contributed by atoms with Gasteiger partial charge in [0.2, 0.25) is 0 Å². The third kappa shape index (κ3) is 2.67. The molecule has 0 unspecified atom stereocenters. The molecule has 0 aromatic heterocycles. The molecule has 0 saturated heterocycles. The maximum atomic E-state index is 12.4. The molecule has 6 nitrogen and oxygen atoms in total. The van der Waals surface area contributed by atoms with Crippen molar-refractivity contribution >= 4 is 40.7 Å². The van der Waals surface area contributed by atoms with Crippen molar-refractivity contribution in [1.29, 1.82) is 0 Å². The van der Waals surface area contributed by atoms with Crippen LogP contribution in [0, 0.1) is 10.1 Å². The maximum Gasteiger partial charge on any atom is 0.269 e. The van der Waals surface area contributed by atoms with E-state index in [0.29, 0.717) is 5.56 Å². The number of fused-ring (bicyclic) bond motifs is 1. The van der Waals surface area contributed by atoms with E-state index < -0.39 is 16.7 Å². The molecule has 0 aliphatic carbocycles. The van der Waals surface area contributed by atoms with Crippen molar-refractivity contribution in [2.45, 2.75) is 6.54 Å². The second-order valence-electron chi connectivity index (χ2n) is 4.94. The summed E-state index contributed by atoms with van der Waals surface area (Å²) in [6, 6.07) is 8.48. The van der Waals surface area contributed by atoms with Gasteiger partial charge < -0.3 is 0 Å². The first-order valence-electron chi connectivity index (χ1n) is 6.47. The van der Waals surface area contributed by atoms with E-state index in [1.54, 1.807) is 6.07 Å². The highest BCUT2D eigenvalue weighted by atomic mass is 35.5. The molecule has 2 amide bonds. The molecule has 0 spiro atoms. The highest BCUT2D eigenvalue weighted by Gasteiger charge is 2.36. The summed E-state index contributed by atoms with van der Waals surface area (Å²) < 4.78 is 0. The summed E-state index contributed by atoms with van der Waals surface area (Å²) in [6.45, 7) is -0.0662. The summed E-state index contributed by atoms with van der Waals surface area (Å²) in [5.41, 5.74) is 0.723. The maximum absolute atomic E-state index is 12.4. The van der Waals surface area contributed by atoms with E-state index in [1.807, 2.05) is 0 Å². The predicted octanol–water partition coefficient (Wildman–Crippen LogP) is 3.70. The van der Waals surface area contributed by atoms with Crippen LogP contribution in [0.4, 0.5) is 5.69 Å². The molecule has 0 N–H and O–H groups in total. The lowest BCUT2D eigenvalue weighted by Gasteiger charge is -2.13. The highest BCUT2D eigenvalue weighted by molar-refractivity contribution is 6.43. The van der Waals surface area contributed by atoms with Crippen molar-refractivity contribution in [3.63, 3.8) is 0 Å². The molecule has 0 radical (unpaired) electrons. The van der Waals surface area contributed by atoms with Crippen molar-refractivity contribution in [2.75, 3.05) is 0 Å². The Labute approximate surface area is 140 Å². The number of nitro groups is 1. The number of rotatable bonds is 3. The minimum atomic E-state index is -0.536. The number of nitro benzene ring substituents is 1. The summed E-state index contributed by atoms with van der Waals surface area (Å²) in [7, 11) is 0. The number of benzene rings is 2. The van der Waals surface area contributed by atoms with Crippen molar-refractivity contribution in [3.05, 3.63) is 73.2 Å². The van der Waals surface area contributed by atoms with Gasteiger partial charge in [0.25, 0.3) is 17.5 Å². The molecule has 0 atom stereocenters. The van der Waals surface area contributed by atoms with Gasteiger partial charge in [0.05, 0.1) is 32.6 Å². The fourth-order valence-electron chi connectivity index (χ4n) is 2.38. The van der Waals surface area contributed by atoms with Crippen LogP contribution in [-0.2, 0) is 6.54 Å². The molecule has 0 saturated carbocycles. The zero-order valence-electron chi connectivity index (χ0n) is 11.5. The number of hydrogen-bond donors (Lipinski definition) is 0. The van der Waals surface area contributed by atoms with Gasteiger partial charge in [-0.3, -0.25) is 24.6 Å². The molecular formula is C15H8Cl2N2O4. The first-order valence-corrected chi connectivity index (χ1v) is 7.22. The Kier molecular flexibility index (Phi) is 3.79. The van der Waals surface area contributed by atoms with E-state index in [-0.39, 0.29) is 33.4 Å². The summed E-state index contributed by atoms with van der Waals surface area (Å²) in [5.74, 6) is -1.01. The second-order valence-corrected chi connectivity index (χ2v) is 5.75. The largest absolute Gasteiger partial charge is 0.270 e. The van der Waals surface area contributed by atoms with Crippen LogP contribution in [0.2, 0.25) is 10.0 Å². The van der Waals surface area contributed by atoms with Crippen LogP contribution >= 0.6 is 23.2 Å². The number of carbonyl (C=O) groups excluding carboxylic acids is 2. The standard InChI is InChI=1S/C15H8Cl2N2O4/c16-12-5-10-11(6-13(12)17)15(21)18(14(10)20)7-8-2-1-3-9(4-8)19(22)23/h1-6H,7H2. The van der Waals surface area contributed by atoms with Crippen molar-refractivity contribution in [1.82, 2.24) is 4.90 Å². The van der Waals surface area contributed by atoms with Gasteiger partial charge in [0.1, 0.15) is 0 Å². The van der Waals surface area contributed by atoms with Crippen LogP contribution in [0.25, 0.3) is 0 Å². The van der Waals surface area contributed by atoms with Crippen molar-refractivity contribution < 1.29 is 14.5 Å². The topological polar surface area (TPSA) is 80.5 Å². The SMILES string of the molecule is O=C1c2cc(Cl)c(Cl)cc2C(=O)N1Cc1cccc([N+](=O)[O-])c1. The van der Waals surface area contributed by atoms with Gasteiger partial charge in [-0.15, -0.1) is 0 Å². The highest BCUT2D eigenvalue weighted by Crippen LogP contribution is 2.32. The van der Waals surface area contributed by atoms with Crippen LogP contribution in [0.15, 0.2) is 36.4 Å². The van der Waals surface area contributed by atoms with Gasteiger partial charge in [-0.25, -0.2) is 0 Å².